The van der Waals surface area contributed by atoms with Crippen LogP contribution in [0, 0.1) is 0 Å². The van der Waals surface area contributed by atoms with E-state index in [1.807, 2.05) is 134 Å². The number of anilines is 5. The van der Waals surface area contributed by atoms with Crippen LogP contribution in [0.15, 0.2) is 219 Å². The molecule has 0 saturated carbocycles. The normalized spacial score (nSPS) is 11.8. The van der Waals surface area contributed by atoms with Crippen molar-refractivity contribution >= 4 is 51.0 Å². The van der Waals surface area contributed by atoms with Gasteiger partial charge in [-0.15, -0.1) is 0 Å². The molecule has 0 bridgehead atoms. The fraction of sp³-hybridized carbons (Fsp3) is 0.0704. The minimum absolute atomic E-state index is 0. The number of aromatic amines is 5. The van der Waals surface area contributed by atoms with Gasteiger partial charge in [-0.2, -0.15) is 10.2 Å². The van der Waals surface area contributed by atoms with Crippen LogP contribution in [0.1, 0.15) is 18.4 Å². The highest BCUT2D eigenvalue weighted by Gasteiger charge is 2.20. The summed E-state index contributed by atoms with van der Waals surface area (Å²) in [5, 5.41) is 17.6. The Morgan fingerprint density at radius 3 is 1.34 bits per heavy atom. The summed E-state index contributed by atoms with van der Waals surface area (Å²) in [6, 6.07) is 45.7. The lowest BCUT2D eigenvalue weighted by Gasteiger charge is -2.29. The van der Waals surface area contributed by atoms with E-state index in [9.17, 15) is 4.79 Å². The first-order valence-corrected chi connectivity index (χ1v) is 31.6. The van der Waals surface area contributed by atoms with Crippen molar-refractivity contribution in [1.29, 1.82) is 0 Å². The molecule has 1 aliphatic rings. The average Bonchev–Trinajstić information content (AvgIpc) is 1.47. The maximum atomic E-state index is 11.2. The molecule has 1 saturated heterocycles. The molecule has 0 spiro atoms. The third-order valence-corrected chi connectivity index (χ3v) is 15.8. The maximum Gasteiger partial charge on any atom is 0.247 e. The number of rotatable bonds is 12. The van der Waals surface area contributed by atoms with Gasteiger partial charge in [-0.3, -0.25) is 29.9 Å². The summed E-state index contributed by atoms with van der Waals surface area (Å²) in [6.45, 7) is 4.36. The second-order valence-electron chi connectivity index (χ2n) is 22.5. The molecule has 4 aromatic carbocycles. The van der Waals surface area contributed by atoms with Crippen molar-refractivity contribution in [3.63, 3.8) is 0 Å². The zero-order valence-electron chi connectivity index (χ0n) is 53.6. The van der Waals surface area contributed by atoms with Crippen LogP contribution < -0.4 is 44.4 Å². The molecule has 0 aliphatic carbocycles. The SMILES string of the molecule is NCc1ccc(-c2n[nH]c(-c3nc(-c4cccnc4)cnc3N)n2)cc1.Nc1ncc(-c2ccc(=O)[nH]c2)nc1-c1nc2ccccc2[nH]1.Nc1ncc(-c2cccnc2)nc1-c1nc(-c2ccccc2)n[nH]1.Nc1ncc(-c2cncc(N3CCNCC3)c2)nc1-c1nc2ccccc2[nH]1.[HH].[HH].[HH].[HH].[HH].[HH].[HH].[HH].[HH]. The van der Waals surface area contributed by atoms with Gasteiger partial charge < -0.3 is 53.8 Å². The number of hydrogen-bond acceptors (Lipinski definition) is 25. The van der Waals surface area contributed by atoms with Crippen molar-refractivity contribution in [3.05, 3.63) is 230 Å². The lowest BCUT2D eigenvalue weighted by atomic mass is 10.1. The Morgan fingerprint density at radius 1 is 0.416 bits per heavy atom. The highest BCUT2D eigenvalue weighted by Crippen LogP contribution is 2.31. The number of hydrogen-bond donors (Lipinski definition) is 11. The topological polar surface area (TPSA) is 461 Å². The van der Waals surface area contributed by atoms with Gasteiger partial charge in [0.25, 0.3) is 0 Å². The molecule has 1 aliphatic heterocycles. The molecule has 17 rings (SSSR count). The molecule has 30 heteroatoms. The van der Waals surface area contributed by atoms with Gasteiger partial charge in [0.2, 0.25) is 5.56 Å². The predicted octanol–water partition coefficient (Wildman–Crippen LogP) is 10.8. The zero-order chi connectivity index (χ0) is 69.0. The van der Waals surface area contributed by atoms with Crippen LogP contribution in [0.5, 0.6) is 0 Å². The van der Waals surface area contributed by atoms with Crippen LogP contribution in [-0.2, 0) is 6.54 Å². The first-order valence-electron chi connectivity index (χ1n) is 31.6. The fourth-order valence-electron chi connectivity index (χ4n) is 10.6. The van der Waals surface area contributed by atoms with Crippen LogP contribution in [-0.4, -0.2) is 136 Å². The quantitative estimate of drug-likeness (QED) is 0.0541. The van der Waals surface area contributed by atoms with E-state index in [0.717, 1.165) is 92.9 Å². The number of imidazole rings is 2. The highest BCUT2D eigenvalue weighted by atomic mass is 16.1. The first-order chi connectivity index (χ1) is 49.5. The van der Waals surface area contributed by atoms with Crippen molar-refractivity contribution in [1.82, 2.24) is 115 Å². The average molecular weight is 1350 g/mol. The highest BCUT2D eigenvalue weighted by molar-refractivity contribution is 5.83. The summed E-state index contributed by atoms with van der Waals surface area (Å²) in [7, 11) is 0. The van der Waals surface area contributed by atoms with Gasteiger partial charge in [0.15, 0.2) is 58.2 Å². The number of nitrogens with zero attached hydrogens (tertiary/aromatic N) is 18. The van der Waals surface area contributed by atoms with E-state index in [1.54, 1.807) is 68.0 Å². The minimum atomic E-state index is -0.172. The number of H-pyrrole nitrogens is 5. The van der Waals surface area contributed by atoms with Crippen LogP contribution in [0.3, 0.4) is 0 Å². The first kappa shape index (κ1) is 64.1. The number of piperazine rings is 1. The zero-order valence-corrected chi connectivity index (χ0v) is 53.6. The van der Waals surface area contributed by atoms with Crippen molar-refractivity contribution in [2.45, 2.75) is 6.54 Å². The van der Waals surface area contributed by atoms with Gasteiger partial charge in [0.1, 0.15) is 22.8 Å². The number of nitrogens with one attached hydrogen (secondary N) is 6. The van der Waals surface area contributed by atoms with Gasteiger partial charge in [0, 0.05) is 122 Å². The van der Waals surface area contributed by atoms with Crippen LogP contribution in [0.2, 0.25) is 0 Å². The van der Waals surface area contributed by atoms with Crippen molar-refractivity contribution < 1.29 is 12.8 Å². The number of fused-ring (bicyclic) bond motifs is 2. The number of benzene rings is 4. The van der Waals surface area contributed by atoms with E-state index in [0.29, 0.717) is 98.7 Å². The number of pyridine rings is 4. The Balaban J connectivity index is 0.000000256. The molecule has 1 fully saturated rings. The molecule has 0 radical (unpaired) electrons. The summed E-state index contributed by atoms with van der Waals surface area (Å²) < 4.78 is 0. The van der Waals surface area contributed by atoms with E-state index in [2.05, 4.69) is 121 Å². The lowest BCUT2D eigenvalue weighted by Crippen LogP contribution is -2.43. The molecule has 16 aromatic rings. The molecule has 0 unspecified atom stereocenters. The Bertz CT molecular complexity index is 5520. The predicted molar refractivity (Wildman–Crippen MR) is 405 cm³/mol. The molecule has 13 heterocycles. The molecule has 0 amide bonds. The maximum absolute atomic E-state index is 11.2. The van der Waals surface area contributed by atoms with Gasteiger partial charge in [-0.05, 0) is 66.2 Å². The number of aromatic nitrogens is 22. The van der Waals surface area contributed by atoms with E-state index in [4.69, 9.17) is 33.7 Å². The molecule has 514 valence electrons. The molecule has 30 nitrogen and oxygen atoms in total. The van der Waals surface area contributed by atoms with Gasteiger partial charge in [0.05, 0.1) is 81.5 Å². The second-order valence-corrected chi connectivity index (χ2v) is 22.5. The number of nitrogen functional groups attached to an aromatic ring is 4. The third kappa shape index (κ3) is 14.8. The van der Waals surface area contributed by atoms with E-state index < -0.39 is 0 Å². The Labute approximate surface area is 587 Å². The Morgan fingerprint density at radius 2 is 0.861 bits per heavy atom. The molecule has 0 atom stereocenters. The van der Waals surface area contributed by atoms with Crippen LogP contribution >= 0.6 is 0 Å². The second kappa shape index (κ2) is 29.4. The van der Waals surface area contributed by atoms with Gasteiger partial charge in [-0.1, -0.05) is 78.9 Å². The largest absolute Gasteiger partial charge is 0.382 e. The fourth-order valence-corrected chi connectivity index (χ4v) is 10.6. The summed E-state index contributed by atoms with van der Waals surface area (Å²) >= 11 is 0. The summed E-state index contributed by atoms with van der Waals surface area (Å²) in [4.78, 5) is 88.6. The van der Waals surface area contributed by atoms with E-state index in [1.165, 1.54) is 6.07 Å². The summed E-state index contributed by atoms with van der Waals surface area (Å²) in [5.41, 5.74) is 44.9. The van der Waals surface area contributed by atoms with Crippen LogP contribution in [0.25, 0.3) is 136 Å². The molecule has 12 aromatic heterocycles. The van der Waals surface area contributed by atoms with Gasteiger partial charge >= 0.3 is 0 Å². The Kier molecular flexibility index (Phi) is 18.7. The molecular formula is C71H79N29O. The molecular weight excluding hydrogens is 1270 g/mol. The molecule has 16 N–H and O–H groups in total. The van der Waals surface area contributed by atoms with Crippen molar-refractivity contribution in [3.8, 4) is 114 Å². The van der Waals surface area contributed by atoms with Crippen molar-refractivity contribution in [2.75, 3.05) is 54.0 Å². The minimum Gasteiger partial charge on any atom is -0.382 e. The standard InChI is InChI=1S/C20H20N8.C18H16N8.C17H13N7.C16H12N6O.9H2/c21-19-18(20-26-15-3-1-2-4-16(15)27-20)25-17(12-24-19)13-9-14(11-23-10-13)28-7-5-22-6-8-28;19-8-11-3-5-12(6-4-11)17-24-18(26-25-17)15-16(20)22-10-14(23-15)13-2-1-7-21-9-13;18-15-14(21-13(10-20-15)12-7-4-8-19-9-12)17-22-16(23-24-17)11-5-2-1-3-6-11;17-15-14(16-21-10-3-1-2-4-11(10)22-16)20-12(8-19-15)9-5-6-13(23)18-7-9;;;;;;;;;/h1-4,9-12,22H,5-8H2,(H2,21,24)(H,26,27);1-7,9-10H,8,19H2,(H2,20,22)(H,24,25,26);1-10H,(H2,18,20)(H,22,23,24);1-8H,(H2,17,19)(H,18,23)(H,21,22);9*1H. The molecule has 101 heavy (non-hydrogen) atoms. The number of nitrogens with two attached hydrogens (primary N) is 5. The van der Waals surface area contributed by atoms with Crippen molar-refractivity contribution in [2.24, 2.45) is 5.73 Å². The van der Waals surface area contributed by atoms with E-state index in [-0.39, 0.29) is 30.0 Å². The lowest BCUT2D eigenvalue weighted by molar-refractivity contribution is 0.589. The summed E-state index contributed by atoms with van der Waals surface area (Å²) in [5.74, 6) is 4.43. The van der Waals surface area contributed by atoms with Crippen LogP contribution in [0.4, 0.5) is 29.0 Å². The smallest absolute Gasteiger partial charge is 0.247 e. The van der Waals surface area contributed by atoms with Gasteiger partial charge in [-0.25, -0.2) is 59.8 Å². The third-order valence-electron chi connectivity index (χ3n) is 15.8. The Hall–Kier alpha value is -14.3. The monoisotopic (exact) mass is 1350 g/mol. The number of para-hydroxylation sites is 4. The van der Waals surface area contributed by atoms with E-state index >= 15 is 0 Å². The summed E-state index contributed by atoms with van der Waals surface area (Å²) in [6.07, 6.45) is 18.6.